The summed E-state index contributed by atoms with van der Waals surface area (Å²) in [5.41, 5.74) is 0.601. The number of hydrogen-bond donors (Lipinski definition) is 1. The number of sulfonamides is 1. The largest absolute Gasteiger partial charge is 0.245 e. The quantitative estimate of drug-likeness (QED) is 0.732. The minimum Gasteiger partial charge on any atom is -0.245 e. The first-order chi connectivity index (χ1) is 6.14. The molecule has 0 fully saturated rings. The van der Waals surface area contributed by atoms with Gasteiger partial charge in [0.2, 0.25) is 10.0 Å². The average molecular weight is 222 g/mol. The van der Waals surface area contributed by atoms with Gasteiger partial charge in [0.1, 0.15) is 11.5 Å². The molecule has 0 saturated heterocycles. The molecule has 5 nitrogen and oxygen atoms in total. The number of alkyl halides is 1. The van der Waals surface area contributed by atoms with Gasteiger partial charge in [-0.15, -0.1) is 11.6 Å². The van der Waals surface area contributed by atoms with Crippen molar-refractivity contribution in [2.24, 2.45) is 0 Å². The van der Waals surface area contributed by atoms with Crippen LogP contribution in [-0.4, -0.2) is 23.6 Å². The molecule has 0 aliphatic heterocycles. The summed E-state index contributed by atoms with van der Waals surface area (Å²) in [6, 6.07) is 1.62. The minimum absolute atomic E-state index is 0.136. The van der Waals surface area contributed by atoms with E-state index in [1.54, 1.807) is 6.07 Å². The third-order valence-corrected chi connectivity index (χ3v) is 2.99. The van der Waals surface area contributed by atoms with Crippen molar-refractivity contribution in [2.45, 2.75) is 6.54 Å². The van der Waals surface area contributed by atoms with Gasteiger partial charge in [0.15, 0.2) is 0 Å². The summed E-state index contributed by atoms with van der Waals surface area (Å²) in [5, 5.41) is -0.446. The predicted molar refractivity (Wildman–Crippen MR) is 48.5 cm³/mol. The van der Waals surface area contributed by atoms with Gasteiger partial charge >= 0.3 is 0 Å². The number of aromatic nitrogens is 2. The van der Waals surface area contributed by atoms with Crippen LogP contribution in [0.15, 0.2) is 18.6 Å². The highest BCUT2D eigenvalue weighted by Gasteiger charge is 2.06. The Balaban J connectivity index is 2.54. The van der Waals surface area contributed by atoms with Gasteiger partial charge in [-0.2, -0.15) is 0 Å². The summed E-state index contributed by atoms with van der Waals surface area (Å²) < 4.78 is 24.0. The van der Waals surface area contributed by atoms with Crippen LogP contribution in [0.5, 0.6) is 0 Å². The molecule has 0 atom stereocenters. The van der Waals surface area contributed by atoms with Crippen molar-refractivity contribution in [1.82, 2.24) is 14.7 Å². The molecule has 0 saturated carbocycles. The first-order valence-corrected chi connectivity index (χ1v) is 5.61. The third-order valence-electron chi connectivity index (χ3n) is 1.26. The smallest absolute Gasteiger partial charge is 0.226 e. The van der Waals surface area contributed by atoms with E-state index in [0.29, 0.717) is 5.69 Å². The Labute approximate surface area is 81.2 Å². The number of halogens is 1. The van der Waals surface area contributed by atoms with Crippen LogP contribution in [0.1, 0.15) is 5.69 Å². The summed E-state index contributed by atoms with van der Waals surface area (Å²) in [6.45, 7) is 0.136. The Morgan fingerprint density at radius 3 is 2.85 bits per heavy atom. The van der Waals surface area contributed by atoms with Crippen molar-refractivity contribution in [1.29, 1.82) is 0 Å². The number of nitrogens with zero attached hydrogens (tertiary/aromatic N) is 2. The minimum atomic E-state index is -3.36. The lowest BCUT2D eigenvalue weighted by molar-refractivity contribution is 0.585. The molecular formula is C6H8ClN3O2S. The van der Waals surface area contributed by atoms with Gasteiger partial charge in [0.05, 0.1) is 12.2 Å². The molecule has 0 aliphatic rings. The van der Waals surface area contributed by atoms with Crippen LogP contribution in [-0.2, 0) is 16.6 Å². The molecule has 0 amide bonds. The fourth-order valence-electron chi connectivity index (χ4n) is 0.645. The van der Waals surface area contributed by atoms with Gasteiger partial charge < -0.3 is 0 Å². The van der Waals surface area contributed by atoms with E-state index < -0.39 is 15.2 Å². The van der Waals surface area contributed by atoms with Crippen molar-refractivity contribution >= 4 is 21.6 Å². The van der Waals surface area contributed by atoms with Gasteiger partial charge in [-0.1, -0.05) is 0 Å². The van der Waals surface area contributed by atoms with Crippen LogP contribution < -0.4 is 4.72 Å². The molecule has 7 heteroatoms. The zero-order chi connectivity index (χ0) is 9.73. The molecule has 0 aromatic carbocycles. The third kappa shape index (κ3) is 3.67. The summed E-state index contributed by atoms with van der Waals surface area (Å²) in [7, 11) is -3.36. The number of hydrogen-bond acceptors (Lipinski definition) is 4. The monoisotopic (exact) mass is 221 g/mol. The van der Waals surface area contributed by atoms with E-state index in [1.807, 2.05) is 0 Å². The Kier molecular flexibility index (Phi) is 3.58. The first-order valence-electron chi connectivity index (χ1n) is 3.42. The number of rotatable bonds is 4. The van der Waals surface area contributed by atoms with Crippen LogP contribution in [0.3, 0.4) is 0 Å². The van der Waals surface area contributed by atoms with Crippen LogP contribution >= 0.6 is 11.6 Å². The highest BCUT2D eigenvalue weighted by atomic mass is 35.5. The van der Waals surface area contributed by atoms with Crippen molar-refractivity contribution in [3.05, 3.63) is 24.3 Å². The van der Waals surface area contributed by atoms with Gasteiger partial charge in [-0.25, -0.2) is 23.1 Å². The van der Waals surface area contributed by atoms with Crippen LogP contribution in [0, 0.1) is 0 Å². The second kappa shape index (κ2) is 4.50. The Hall–Kier alpha value is -0.720. The van der Waals surface area contributed by atoms with Gasteiger partial charge in [-0.3, -0.25) is 0 Å². The second-order valence-corrected chi connectivity index (χ2v) is 4.64. The highest BCUT2D eigenvalue weighted by molar-refractivity contribution is 7.90. The zero-order valence-corrected chi connectivity index (χ0v) is 8.22. The van der Waals surface area contributed by atoms with Gasteiger partial charge in [-0.05, 0) is 6.07 Å². The average Bonchev–Trinajstić information content (AvgIpc) is 2.17. The second-order valence-electron chi connectivity index (χ2n) is 2.25. The molecule has 1 aromatic rings. The molecule has 1 N–H and O–H groups in total. The maximum atomic E-state index is 10.9. The SMILES string of the molecule is O=S(=O)(CCl)NCc1ccncn1. The summed E-state index contributed by atoms with van der Waals surface area (Å²) >= 11 is 5.18. The van der Waals surface area contributed by atoms with E-state index in [0.717, 1.165) is 0 Å². The van der Waals surface area contributed by atoms with Crippen molar-refractivity contribution in [3.63, 3.8) is 0 Å². The Morgan fingerprint density at radius 1 is 1.54 bits per heavy atom. The molecule has 1 rings (SSSR count). The van der Waals surface area contributed by atoms with E-state index in [4.69, 9.17) is 11.6 Å². The molecule has 0 unspecified atom stereocenters. The summed E-state index contributed by atoms with van der Waals surface area (Å²) in [6.07, 6.45) is 2.89. The highest BCUT2D eigenvalue weighted by Crippen LogP contribution is 1.93. The fraction of sp³-hybridized carbons (Fsp3) is 0.333. The van der Waals surface area contributed by atoms with Crippen molar-refractivity contribution in [2.75, 3.05) is 5.21 Å². The maximum Gasteiger partial charge on any atom is 0.226 e. The molecule has 13 heavy (non-hydrogen) atoms. The Morgan fingerprint density at radius 2 is 2.31 bits per heavy atom. The van der Waals surface area contributed by atoms with Crippen LogP contribution in [0.2, 0.25) is 0 Å². The van der Waals surface area contributed by atoms with E-state index in [-0.39, 0.29) is 6.54 Å². The van der Waals surface area contributed by atoms with Gasteiger partial charge in [0, 0.05) is 6.20 Å². The van der Waals surface area contributed by atoms with E-state index in [2.05, 4.69) is 14.7 Å². The van der Waals surface area contributed by atoms with Crippen molar-refractivity contribution in [3.8, 4) is 0 Å². The normalized spacial score (nSPS) is 11.5. The predicted octanol–water partition coefficient (Wildman–Crippen LogP) is 0.0923. The molecule has 0 aliphatic carbocycles. The molecule has 1 heterocycles. The summed E-state index contributed by atoms with van der Waals surface area (Å²) in [4.78, 5) is 7.53. The van der Waals surface area contributed by atoms with E-state index >= 15 is 0 Å². The van der Waals surface area contributed by atoms with Crippen molar-refractivity contribution < 1.29 is 8.42 Å². The molecular weight excluding hydrogens is 214 g/mol. The first kappa shape index (κ1) is 10.4. The Bertz CT molecular complexity index is 353. The number of nitrogens with one attached hydrogen (secondary N) is 1. The van der Waals surface area contributed by atoms with Crippen LogP contribution in [0.25, 0.3) is 0 Å². The molecule has 72 valence electrons. The van der Waals surface area contributed by atoms with E-state index in [1.165, 1.54) is 12.5 Å². The molecule has 1 aromatic heterocycles. The zero-order valence-electron chi connectivity index (χ0n) is 6.64. The lowest BCUT2D eigenvalue weighted by atomic mass is 10.4. The molecule has 0 spiro atoms. The standard InChI is InChI=1S/C6H8ClN3O2S/c7-4-13(11,12)10-3-6-1-2-8-5-9-6/h1-2,5,10H,3-4H2. The van der Waals surface area contributed by atoms with E-state index in [9.17, 15) is 8.42 Å². The molecule has 0 radical (unpaired) electrons. The fourth-order valence-corrected chi connectivity index (χ4v) is 1.32. The summed E-state index contributed by atoms with van der Waals surface area (Å²) in [5.74, 6) is 0. The maximum absolute atomic E-state index is 10.9. The van der Waals surface area contributed by atoms with Gasteiger partial charge in [0.25, 0.3) is 0 Å². The lowest BCUT2D eigenvalue weighted by Gasteiger charge is -2.01. The lowest BCUT2D eigenvalue weighted by Crippen LogP contribution is -2.24. The molecule has 0 bridgehead atoms. The van der Waals surface area contributed by atoms with Crippen LogP contribution in [0.4, 0.5) is 0 Å². The topological polar surface area (TPSA) is 72.0 Å².